The minimum atomic E-state index is -3.52. The van der Waals surface area contributed by atoms with Gasteiger partial charge in [0.25, 0.3) is 5.91 Å². The van der Waals surface area contributed by atoms with Gasteiger partial charge in [0, 0.05) is 0 Å². The van der Waals surface area contributed by atoms with E-state index in [-0.39, 0.29) is 28.6 Å². The summed E-state index contributed by atoms with van der Waals surface area (Å²) < 4.78 is 37.0. The largest absolute Gasteiger partial charge is 0.364 e. The van der Waals surface area contributed by atoms with Gasteiger partial charge in [-0.2, -0.15) is 0 Å². The molecule has 0 fully saturated rings. The molecule has 1 aromatic rings. The Bertz CT molecular complexity index is 486. The van der Waals surface area contributed by atoms with Crippen molar-refractivity contribution in [3.8, 4) is 0 Å². The minimum absolute atomic E-state index is 0.0338. The van der Waals surface area contributed by atoms with Crippen LogP contribution >= 0.6 is 11.3 Å². The zero-order valence-corrected chi connectivity index (χ0v) is 10.5. The second-order valence-corrected chi connectivity index (χ2v) is 6.08. The van der Waals surface area contributed by atoms with Crippen molar-refractivity contribution in [2.75, 3.05) is 17.1 Å². The highest BCUT2D eigenvalue weighted by atomic mass is 32.2. The van der Waals surface area contributed by atoms with Gasteiger partial charge in [0.05, 0.1) is 18.6 Å². The second kappa shape index (κ2) is 5.92. The first-order valence-electron chi connectivity index (χ1n) is 4.76. The highest BCUT2D eigenvalue weighted by Gasteiger charge is 2.13. The predicted molar refractivity (Wildman–Crippen MR) is 63.3 cm³/mol. The Labute approximate surface area is 102 Å². The summed E-state index contributed by atoms with van der Waals surface area (Å²) in [5.74, 6) is -0.876. The molecule has 0 spiro atoms. The number of carbonyl (C=O) groups excluding carboxylic acids is 1. The second-order valence-electron chi connectivity index (χ2n) is 3.21. The molecule has 0 saturated carbocycles. The molecule has 1 rings (SSSR count). The Morgan fingerprint density at radius 1 is 1.53 bits per heavy atom. The minimum Gasteiger partial charge on any atom is -0.364 e. The van der Waals surface area contributed by atoms with E-state index >= 15 is 0 Å². The van der Waals surface area contributed by atoms with Crippen molar-refractivity contribution in [1.29, 1.82) is 0 Å². The number of amides is 1. The lowest BCUT2D eigenvalue weighted by atomic mass is 10.4. The number of primary amides is 1. The van der Waals surface area contributed by atoms with Crippen molar-refractivity contribution in [3.05, 3.63) is 11.2 Å². The van der Waals surface area contributed by atoms with Crippen LogP contribution in [0, 0.1) is 0 Å². The average molecular weight is 281 g/mol. The van der Waals surface area contributed by atoms with Gasteiger partial charge < -0.3 is 5.73 Å². The third kappa shape index (κ3) is 4.65. The van der Waals surface area contributed by atoms with Crippen LogP contribution in [0.25, 0.3) is 0 Å². The highest BCUT2D eigenvalue weighted by molar-refractivity contribution is 7.92. The van der Waals surface area contributed by atoms with Crippen molar-refractivity contribution in [2.24, 2.45) is 5.73 Å². The lowest BCUT2D eigenvalue weighted by Gasteiger charge is -2.03. The van der Waals surface area contributed by atoms with Crippen LogP contribution in [-0.2, 0) is 10.0 Å². The number of sulfonamides is 1. The van der Waals surface area contributed by atoms with Gasteiger partial charge >= 0.3 is 0 Å². The Balaban J connectivity index is 2.60. The van der Waals surface area contributed by atoms with Crippen LogP contribution in [0.4, 0.5) is 9.39 Å². The zero-order chi connectivity index (χ0) is 12.9. The molecule has 1 amide bonds. The van der Waals surface area contributed by atoms with E-state index in [9.17, 15) is 17.6 Å². The highest BCUT2D eigenvalue weighted by Crippen LogP contribution is 2.19. The van der Waals surface area contributed by atoms with E-state index in [4.69, 9.17) is 5.73 Å². The summed E-state index contributed by atoms with van der Waals surface area (Å²) >= 11 is 0.857. The molecule has 1 aromatic heterocycles. The number of anilines is 1. The Morgan fingerprint density at radius 2 is 2.24 bits per heavy atom. The predicted octanol–water partition coefficient (Wildman–Crippen LogP) is 0.733. The van der Waals surface area contributed by atoms with Gasteiger partial charge in [-0.25, -0.2) is 13.4 Å². The molecule has 0 aromatic carbocycles. The van der Waals surface area contributed by atoms with Crippen LogP contribution in [0.15, 0.2) is 6.20 Å². The summed E-state index contributed by atoms with van der Waals surface area (Å²) in [6.45, 7) is -0.540. The van der Waals surface area contributed by atoms with Crippen LogP contribution in [0.2, 0.25) is 0 Å². The molecule has 0 unspecified atom stereocenters. The topological polar surface area (TPSA) is 102 Å². The van der Waals surface area contributed by atoms with E-state index in [1.807, 2.05) is 0 Å². The number of carbonyl (C=O) groups is 1. The molecular weight excluding hydrogens is 269 g/mol. The number of nitrogens with one attached hydrogen (secondary N) is 1. The summed E-state index contributed by atoms with van der Waals surface area (Å²) in [6.07, 6.45) is 1.67. The molecule has 0 aliphatic rings. The molecule has 0 bridgehead atoms. The number of nitrogens with zero attached hydrogens (tertiary/aromatic N) is 1. The molecule has 3 N–H and O–H groups in total. The molecule has 1 heterocycles. The first-order valence-corrected chi connectivity index (χ1v) is 7.23. The van der Waals surface area contributed by atoms with E-state index in [1.54, 1.807) is 0 Å². The van der Waals surface area contributed by atoms with Crippen molar-refractivity contribution in [3.63, 3.8) is 0 Å². The van der Waals surface area contributed by atoms with Gasteiger partial charge in [-0.1, -0.05) is 11.3 Å². The van der Waals surface area contributed by atoms with E-state index in [0.717, 1.165) is 11.3 Å². The van der Waals surface area contributed by atoms with Crippen LogP contribution in [0.3, 0.4) is 0 Å². The lowest BCUT2D eigenvalue weighted by molar-refractivity contribution is 0.1000. The van der Waals surface area contributed by atoms with Crippen molar-refractivity contribution >= 4 is 32.3 Å². The number of nitrogens with two attached hydrogens (primary N) is 1. The zero-order valence-electron chi connectivity index (χ0n) is 8.85. The molecule has 6 nitrogen and oxygen atoms in total. The van der Waals surface area contributed by atoms with E-state index < -0.39 is 22.6 Å². The molecule has 0 saturated heterocycles. The van der Waals surface area contributed by atoms with Gasteiger partial charge in [-0.3, -0.25) is 13.9 Å². The van der Waals surface area contributed by atoms with Crippen LogP contribution in [0.1, 0.15) is 22.6 Å². The monoisotopic (exact) mass is 281 g/mol. The maximum Gasteiger partial charge on any atom is 0.277 e. The molecule has 17 heavy (non-hydrogen) atoms. The van der Waals surface area contributed by atoms with Crippen LogP contribution in [0.5, 0.6) is 0 Å². The first-order chi connectivity index (χ1) is 7.94. The van der Waals surface area contributed by atoms with Gasteiger partial charge in [-0.05, 0) is 12.8 Å². The third-order valence-electron chi connectivity index (χ3n) is 1.77. The Kier molecular flexibility index (Phi) is 4.82. The van der Waals surface area contributed by atoms with Gasteiger partial charge in [-0.15, -0.1) is 0 Å². The number of hydrogen-bond acceptors (Lipinski definition) is 5. The maximum absolute atomic E-state index is 11.8. The van der Waals surface area contributed by atoms with Gasteiger partial charge in [0.15, 0.2) is 5.01 Å². The molecule has 0 radical (unpaired) electrons. The molecule has 9 heteroatoms. The fourth-order valence-corrected chi connectivity index (χ4v) is 3.14. The summed E-state index contributed by atoms with van der Waals surface area (Å²) in [5, 5.41) is 0.255. The summed E-state index contributed by atoms with van der Waals surface area (Å²) in [4.78, 5) is 14.4. The quantitative estimate of drug-likeness (QED) is 0.719. The van der Waals surface area contributed by atoms with Crippen molar-refractivity contribution in [1.82, 2.24) is 4.98 Å². The molecule has 96 valence electrons. The van der Waals surface area contributed by atoms with Crippen molar-refractivity contribution in [2.45, 2.75) is 12.8 Å². The molecular formula is C8H12FN3O3S2. The smallest absolute Gasteiger partial charge is 0.277 e. The first kappa shape index (κ1) is 13.8. The SMILES string of the molecule is NC(=O)c1ncc(NS(=O)(=O)CCCCF)s1. The number of rotatable bonds is 7. The summed E-state index contributed by atoms with van der Waals surface area (Å²) in [6, 6.07) is 0. The van der Waals surface area contributed by atoms with E-state index in [1.165, 1.54) is 6.20 Å². The van der Waals surface area contributed by atoms with Gasteiger partial charge in [0.2, 0.25) is 10.0 Å². The fourth-order valence-electron chi connectivity index (χ4n) is 1.03. The number of hydrogen-bond donors (Lipinski definition) is 2. The fraction of sp³-hybridized carbons (Fsp3) is 0.500. The van der Waals surface area contributed by atoms with Crippen LogP contribution < -0.4 is 10.5 Å². The Morgan fingerprint density at radius 3 is 2.76 bits per heavy atom. The summed E-state index contributed by atoms with van der Waals surface area (Å²) in [5.41, 5.74) is 4.98. The van der Waals surface area contributed by atoms with E-state index in [2.05, 4.69) is 9.71 Å². The molecule has 0 atom stereocenters. The lowest BCUT2D eigenvalue weighted by Crippen LogP contribution is -2.16. The number of unbranched alkanes of at least 4 members (excludes halogenated alkanes) is 1. The standard InChI is InChI=1S/C8H12FN3O3S2/c9-3-1-2-4-17(14,15)12-6-5-11-8(16-6)7(10)13/h5,12H,1-4H2,(H2,10,13). The van der Waals surface area contributed by atoms with Crippen LogP contribution in [-0.4, -0.2) is 31.7 Å². The number of aromatic nitrogens is 1. The average Bonchev–Trinajstić information content (AvgIpc) is 2.65. The Hall–Kier alpha value is -1.22. The summed E-state index contributed by atoms with van der Waals surface area (Å²) in [7, 11) is -3.52. The normalized spacial score (nSPS) is 11.4. The van der Waals surface area contributed by atoms with E-state index in [0.29, 0.717) is 0 Å². The maximum atomic E-state index is 11.8. The molecule has 0 aliphatic heterocycles. The molecule has 0 aliphatic carbocycles. The number of halogens is 1. The van der Waals surface area contributed by atoms with Gasteiger partial charge in [0.1, 0.15) is 5.00 Å². The third-order valence-corrected chi connectivity index (χ3v) is 4.18. The number of alkyl halides is 1. The number of thiazole rings is 1. The van der Waals surface area contributed by atoms with Crippen molar-refractivity contribution < 1.29 is 17.6 Å².